The molecule has 0 aliphatic heterocycles. The van der Waals surface area contributed by atoms with E-state index in [0.717, 1.165) is 0 Å². The molecule has 0 spiro atoms. The van der Waals surface area contributed by atoms with E-state index in [0.29, 0.717) is 0 Å². The van der Waals surface area contributed by atoms with Gasteiger partial charge in [0.25, 0.3) is 0 Å². The van der Waals surface area contributed by atoms with E-state index in [1.54, 1.807) is 0 Å². The predicted octanol–water partition coefficient (Wildman–Crippen LogP) is 1.49. The molecule has 2 N–H and O–H groups in total. The zero-order valence-corrected chi connectivity index (χ0v) is 7.97. The fourth-order valence-electron chi connectivity index (χ4n) is 0.716. The number of hydrogen-bond acceptors (Lipinski definition) is 2. The van der Waals surface area contributed by atoms with Crippen LogP contribution in [0.4, 0.5) is 0 Å². The summed E-state index contributed by atoms with van der Waals surface area (Å²) in [6.07, 6.45) is -0.124. The number of rotatable bonds is 5. The van der Waals surface area contributed by atoms with Gasteiger partial charge in [-0.05, 0) is 13.3 Å². The summed E-state index contributed by atoms with van der Waals surface area (Å²) in [5.74, 6) is -2.21. The first-order valence-electron chi connectivity index (χ1n) is 3.61. The minimum atomic E-state index is -1.21. The second-order valence-corrected chi connectivity index (χ2v) is 3.71. The molecule has 0 amide bonds. The van der Waals surface area contributed by atoms with E-state index in [-0.39, 0.29) is 18.4 Å². The first-order chi connectivity index (χ1) is 5.77. The molecule has 1 unspecified atom stereocenters. The standard InChI is InChI=1S/C8H11ClO4/c1-5(7(12)13)8(2,9)4-3-6(10)11/h1,3-4H2,2H3,(H,10,11)(H,12,13). The van der Waals surface area contributed by atoms with Crippen LogP contribution in [-0.4, -0.2) is 27.0 Å². The Morgan fingerprint density at radius 2 is 1.92 bits per heavy atom. The minimum absolute atomic E-state index is 0.0506. The lowest BCUT2D eigenvalue weighted by Crippen LogP contribution is -2.25. The monoisotopic (exact) mass is 206 g/mol. The van der Waals surface area contributed by atoms with E-state index in [9.17, 15) is 9.59 Å². The van der Waals surface area contributed by atoms with Gasteiger partial charge in [0, 0.05) is 6.42 Å². The second kappa shape index (κ2) is 4.28. The fraction of sp³-hybridized carbons (Fsp3) is 0.500. The zero-order valence-electron chi connectivity index (χ0n) is 7.21. The summed E-state index contributed by atoms with van der Waals surface area (Å²) in [6, 6.07) is 0. The summed E-state index contributed by atoms with van der Waals surface area (Å²) in [7, 11) is 0. The molecule has 0 radical (unpaired) electrons. The van der Waals surface area contributed by atoms with Crippen molar-refractivity contribution in [2.45, 2.75) is 24.6 Å². The molecule has 0 aromatic rings. The molecule has 0 aromatic carbocycles. The van der Waals surface area contributed by atoms with Crippen LogP contribution in [0.15, 0.2) is 12.2 Å². The molecule has 0 fully saturated rings. The van der Waals surface area contributed by atoms with E-state index in [2.05, 4.69) is 6.58 Å². The topological polar surface area (TPSA) is 74.6 Å². The summed E-state index contributed by atoms with van der Waals surface area (Å²) in [5, 5.41) is 16.9. The average Bonchev–Trinajstić information content (AvgIpc) is 1.99. The highest BCUT2D eigenvalue weighted by Gasteiger charge is 2.29. The van der Waals surface area contributed by atoms with Crippen molar-refractivity contribution in [3.63, 3.8) is 0 Å². The van der Waals surface area contributed by atoms with Crippen molar-refractivity contribution in [1.82, 2.24) is 0 Å². The van der Waals surface area contributed by atoms with Crippen molar-refractivity contribution in [1.29, 1.82) is 0 Å². The largest absolute Gasteiger partial charge is 0.481 e. The predicted molar refractivity (Wildman–Crippen MR) is 47.9 cm³/mol. The Balaban J connectivity index is 4.30. The second-order valence-electron chi connectivity index (χ2n) is 2.87. The van der Waals surface area contributed by atoms with Gasteiger partial charge in [-0.15, -0.1) is 11.6 Å². The Labute approximate surface area is 80.8 Å². The van der Waals surface area contributed by atoms with Crippen molar-refractivity contribution in [2.75, 3.05) is 0 Å². The van der Waals surface area contributed by atoms with E-state index < -0.39 is 16.8 Å². The number of carboxylic acid groups (broad SMARTS) is 2. The smallest absolute Gasteiger partial charge is 0.332 e. The van der Waals surface area contributed by atoms with Crippen molar-refractivity contribution in [2.24, 2.45) is 0 Å². The average molecular weight is 207 g/mol. The first-order valence-corrected chi connectivity index (χ1v) is 3.98. The molecule has 13 heavy (non-hydrogen) atoms. The van der Waals surface area contributed by atoms with Crippen LogP contribution in [0.25, 0.3) is 0 Å². The molecule has 0 heterocycles. The highest BCUT2D eigenvalue weighted by Crippen LogP contribution is 2.28. The molecular formula is C8H11ClO4. The van der Waals surface area contributed by atoms with E-state index in [4.69, 9.17) is 21.8 Å². The summed E-state index contributed by atoms with van der Waals surface area (Å²) >= 11 is 5.78. The highest BCUT2D eigenvalue weighted by molar-refractivity contribution is 6.28. The number of halogens is 1. The molecule has 5 heteroatoms. The quantitative estimate of drug-likeness (QED) is 0.528. The molecule has 0 aliphatic rings. The van der Waals surface area contributed by atoms with Crippen molar-refractivity contribution in [3.05, 3.63) is 12.2 Å². The van der Waals surface area contributed by atoms with Crippen LogP contribution in [0.3, 0.4) is 0 Å². The number of hydrogen-bond donors (Lipinski definition) is 2. The molecule has 4 nitrogen and oxygen atoms in total. The number of carbonyl (C=O) groups is 2. The zero-order chi connectivity index (χ0) is 10.6. The van der Waals surface area contributed by atoms with Gasteiger partial charge in [-0.25, -0.2) is 4.79 Å². The van der Waals surface area contributed by atoms with E-state index in [1.165, 1.54) is 6.92 Å². The Bertz CT molecular complexity index is 245. The van der Waals surface area contributed by atoms with Crippen molar-refractivity contribution < 1.29 is 19.8 Å². The number of carboxylic acids is 2. The van der Waals surface area contributed by atoms with Crippen LogP contribution in [-0.2, 0) is 9.59 Å². The summed E-state index contributed by atoms with van der Waals surface area (Å²) in [6.45, 7) is 4.72. The highest BCUT2D eigenvalue weighted by atomic mass is 35.5. The van der Waals surface area contributed by atoms with Gasteiger partial charge in [0.1, 0.15) is 0 Å². The molecule has 0 rings (SSSR count). The summed E-state index contributed by atoms with van der Waals surface area (Å²) in [4.78, 5) is 19.5. The van der Waals surface area contributed by atoms with E-state index in [1.807, 2.05) is 0 Å². The fourth-order valence-corrected chi connectivity index (χ4v) is 0.891. The maximum Gasteiger partial charge on any atom is 0.332 e. The maximum absolute atomic E-state index is 10.5. The molecule has 0 aliphatic carbocycles. The molecular weight excluding hydrogens is 196 g/mol. The van der Waals surface area contributed by atoms with Gasteiger partial charge in [-0.1, -0.05) is 6.58 Å². The Morgan fingerprint density at radius 3 is 2.23 bits per heavy atom. The van der Waals surface area contributed by atoms with Crippen LogP contribution < -0.4 is 0 Å². The lowest BCUT2D eigenvalue weighted by Gasteiger charge is -2.20. The van der Waals surface area contributed by atoms with Gasteiger partial charge in [-0.2, -0.15) is 0 Å². The molecule has 0 aromatic heterocycles. The third kappa shape index (κ3) is 3.94. The Hall–Kier alpha value is -1.03. The maximum atomic E-state index is 10.5. The molecule has 0 saturated carbocycles. The van der Waals surface area contributed by atoms with Gasteiger partial charge < -0.3 is 10.2 Å². The van der Waals surface area contributed by atoms with Crippen LogP contribution in [0, 0.1) is 0 Å². The lowest BCUT2D eigenvalue weighted by atomic mass is 9.96. The number of alkyl halides is 1. The van der Waals surface area contributed by atoms with Crippen molar-refractivity contribution in [3.8, 4) is 0 Å². The van der Waals surface area contributed by atoms with Gasteiger partial charge >= 0.3 is 11.9 Å². The molecule has 0 saturated heterocycles. The van der Waals surface area contributed by atoms with Crippen LogP contribution in [0.2, 0.25) is 0 Å². The van der Waals surface area contributed by atoms with Crippen molar-refractivity contribution >= 4 is 23.5 Å². The van der Waals surface area contributed by atoms with E-state index >= 15 is 0 Å². The minimum Gasteiger partial charge on any atom is -0.481 e. The first kappa shape index (κ1) is 12.0. The number of aliphatic carboxylic acids is 2. The Morgan fingerprint density at radius 1 is 1.46 bits per heavy atom. The lowest BCUT2D eigenvalue weighted by molar-refractivity contribution is -0.138. The van der Waals surface area contributed by atoms with Gasteiger partial charge in [0.05, 0.1) is 10.4 Å². The van der Waals surface area contributed by atoms with Crippen LogP contribution in [0.1, 0.15) is 19.8 Å². The normalized spacial score (nSPS) is 14.6. The summed E-state index contributed by atoms with van der Waals surface area (Å²) < 4.78 is 0. The van der Waals surface area contributed by atoms with Gasteiger partial charge in [0.15, 0.2) is 0 Å². The summed E-state index contributed by atoms with van der Waals surface area (Å²) in [5.41, 5.74) is -0.185. The molecule has 0 bridgehead atoms. The Kier molecular flexibility index (Phi) is 3.94. The van der Waals surface area contributed by atoms with Crippen LogP contribution in [0.5, 0.6) is 0 Å². The molecule has 1 atom stereocenters. The third-order valence-electron chi connectivity index (χ3n) is 1.70. The van der Waals surface area contributed by atoms with Gasteiger partial charge in [0.2, 0.25) is 0 Å². The third-order valence-corrected chi connectivity index (χ3v) is 2.11. The SMILES string of the molecule is C=C(C(=O)O)C(C)(Cl)CCC(=O)O. The van der Waals surface area contributed by atoms with Gasteiger partial charge in [-0.3, -0.25) is 4.79 Å². The van der Waals surface area contributed by atoms with Crippen LogP contribution >= 0.6 is 11.6 Å². The molecule has 74 valence electrons.